The van der Waals surface area contributed by atoms with Crippen LogP contribution in [0.25, 0.3) is 0 Å². The molecule has 0 aromatic heterocycles. The van der Waals surface area contributed by atoms with E-state index in [1.54, 1.807) is 24.3 Å². The molecule has 2 aromatic rings. The standard InChI is InChI=1S/C13H10FNOS/c14-9-5-7-10(8-6-9)15-13(16)11-3-1-2-4-12(11)17/h1-8,17H,(H,15,16). The van der Waals surface area contributed by atoms with E-state index in [0.29, 0.717) is 16.1 Å². The number of benzene rings is 2. The molecule has 0 aliphatic carbocycles. The second-order valence-electron chi connectivity index (χ2n) is 3.48. The van der Waals surface area contributed by atoms with Crippen molar-refractivity contribution >= 4 is 24.2 Å². The molecule has 0 spiro atoms. The van der Waals surface area contributed by atoms with Gasteiger partial charge in [0.05, 0.1) is 5.56 Å². The molecule has 0 aliphatic heterocycles. The number of halogens is 1. The number of rotatable bonds is 2. The normalized spacial score (nSPS) is 10.0. The highest BCUT2D eigenvalue weighted by atomic mass is 32.1. The molecular weight excluding hydrogens is 237 g/mol. The van der Waals surface area contributed by atoms with E-state index in [9.17, 15) is 9.18 Å². The molecule has 0 heterocycles. The van der Waals surface area contributed by atoms with Crippen LogP contribution in [0.2, 0.25) is 0 Å². The van der Waals surface area contributed by atoms with Crippen LogP contribution in [-0.4, -0.2) is 5.91 Å². The fraction of sp³-hybridized carbons (Fsp3) is 0. The predicted octanol–water partition coefficient (Wildman–Crippen LogP) is 3.37. The number of nitrogens with one attached hydrogen (secondary N) is 1. The van der Waals surface area contributed by atoms with E-state index in [1.165, 1.54) is 24.3 Å². The maximum atomic E-state index is 12.7. The third-order valence-corrected chi connectivity index (χ3v) is 2.64. The van der Waals surface area contributed by atoms with Crippen molar-refractivity contribution in [1.82, 2.24) is 0 Å². The lowest BCUT2D eigenvalue weighted by Crippen LogP contribution is -2.12. The summed E-state index contributed by atoms with van der Waals surface area (Å²) in [7, 11) is 0. The topological polar surface area (TPSA) is 29.1 Å². The van der Waals surface area contributed by atoms with E-state index >= 15 is 0 Å². The number of carbonyl (C=O) groups excluding carboxylic acids is 1. The molecular formula is C13H10FNOS. The molecule has 0 unspecified atom stereocenters. The molecule has 86 valence electrons. The molecule has 1 amide bonds. The molecule has 2 nitrogen and oxygen atoms in total. The van der Waals surface area contributed by atoms with Crippen molar-refractivity contribution in [2.75, 3.05) is 5.32 Å². The van der Waals surface area contributed by atoms with Crippen LogP contribution in [0, 0.1) is 5.82 Å². The summed E-state index contributed by atoms with van der Waals surface area (Å²) in [4.78, 5) is 12.5. The summed E-state index contributed by atoms with van der Waals surface area (Å²) in [5.41, 5.74) is 1.04. The van der Waals surface area contributed by atoms with Crippen molar-refractivity contribution in [2.24, 2.45) is 0 Å². The Hall–Kier alpha value is -1.81. The van der Waals surface area contributed by atoms with Crippen molar-refractivity contribution in [3.05, 3.63) is 59.9 Å². The fourth-order valence-electron chi connectivity index (χ4n) is 1.40. The number of anilines is 1. The molecule has 0 saturated carbocycles. The summed E-state index contributed by atoms with van der Waals surface area (Å²) in [6.45, 7) is 0. The number of hydrogen-bond donors (Lipinski definition) is 2. The zero-order valence-electron chi connectivity index (χ0n) is 8.85. The Morgan fingerprint density at radius 2 is 1.71 bits per heavy atom. The zero-order chi connectivity index (χ0) is 12.3. The van der Waals surface area contributed by atoms with Crippen LogP contribution in [0.5, 0.6) is 0 Å². The predicted molar refractivity (Wildman–Crippen MR) is 68.0 cm³/mol. The maximum absolute atomic E-state index is 12.7. The van der Waals surface area contributed by atoms with Gasteiger partial charge in [-0.1, -0.05) is 12.1 Å². The van der Waals surface area contributed by atoms with Gasteiger partial charge in [-0.15, -0.1) is 12.6 Å². The molecule has 4 heteroatoms. The average molecular weight is 247 g/mol. The first-order chi connectivity index (χ1) is 8.16. The first kappa shape index (κ1) is 11.7. The summed E-state index contributed by atoms with van der Waals surface area (Å²) in [5.74, 6) is -0.597. The van der Waals surface area contributed by atoms with Gasteiger partial charge in [0.1, 0.15) is 5.82 Å². The van der Waals surface area contributed by atoms with E-state index in [-0.39, 0.29) is 11.7 Å². The zero-order valence-corrected chi connectivity index (χ0v) is 9.75. The van der Waals surface area contributed by atoms with E-state index < -0.39 is 0 Å². The largest absolute Gasteiger partial charge is 0.322 e. The van der Waals surface area contributed by atoms with Gasteiger partial charge in [-0.3, -0.25) is 4.79 Å². The second kappa shape index (κ2) is 5.01. The minimum Gasteiger partial charge on any atom is -0.322 e. The summed E-state index contributed by atoms with van der Waals surface area (Å²) in [5, 5.41) is 2.67. The van der Waals surface area contributed by atoms with Crippen LogP contribution in [0.3, 0.4) is 0 Å². The quantitative estimate of drug-likeness (QED) is 0.783. The average Bonchev–Trinajstić information content (AvgIpc) is 2.32. The third kappa shape index (κ3) is 2.85. The Morgan fingerprint density at radius 1 is 1.06 bits per heavy atom. The van der Waals surface area contributed by atoms with Crippen LogP contribution in [0.15, 0.2) is 53.4 Å². The molecule has 0 radical (unpaired) electrons. The summed E-state index contributed by atoms with van der Waals surface area (Å²) < 4.78 is 12.7. The van der Waals surface area contributed by atoms with E-state index in [1.807, 2.05) is 0 Å². The van der Waals surface area contributed by atoms with Crippen LogP contribution >= 0.6 is 12.6 Å². The van der Waals surface area contributed by atoms with Gasteiger partial charge in [0.2, 0.25) is 0 Å². The van der Waals surface area contributed by atoms with E-state index in [0.717, 1.165) is 0 Å². The summed E-state index contributed by atoms with van der Waals surface area (Å²) >= 11 is 4.20. The number of carbonyl (C=O) groups is 1. The SMILES string of the molecule is O=C(Nc1ccc(F)cc1)c1ccccc1S. The lowest BCUT2D eigenvalue weighted by atomic mass is 10.2. The number of hydrogen-bond acceptors (Lipinski definition) is 2. The highest BCUT2D eigenvalue weighted by molar-refractivity contribution is 7.80. The monoisotopic (exact) mass is 247 g/mol. The molecule has 2 rings (SSSR count). The Kier molecular flexibility index (Phi) is 3.44. The van der Waals surface area contributed by atoms with E-state index in [2.05, 4.69) is 17.9 Å². The van der Waals surface area contributed by atoms with Crippen molar-refractivity contribution in [3.8, 4) is 0 Å². The highest BCUT2D eigenvalue weighted by Gasteiger charge is 2.08. The molecule has 0 saturated heterocycles. The summed E-state index contributed by atoms with van der Waals surface area (Å²) in [6.07, 6.45) is 0. The van der Waals surface area contributed by atoms with Gasteiger partial charge in [0, 0.05) is 10.6 Å². The Labute approximate surface area is 104 Å². The van der Waals surface area contributed by atoms with Gasteiger partial charge < -0.3 is 5.32 Å². The van der Waals surface area contributed by atoms with Crippen LogP contribution < -0.4 is 5.32 Å². The lowest BCUT2D eigenvalue weighted by molar-refractivity contribution is 0.102. The number of thiol groups is 1. The van der Waals surface area contributed by atoms with Crippen molar-refractivity contribution in [3.63, 3.8) is 0 Å². The first-order valence-electron chi connectivity index (χ1n) is 5.02. The van der Waals surface area contributed by atoms with Gasteiger partial charge in [-0.2, -0.15) is 0 Å². The fourth-order valence-corrected chi connectivity index (χ4v) is 1.66. The molecule has 2 aromatic carbocycles. The van der Waals surface area contributed by atoms with Crippen molar-refractivity contribution in [1.29, 1.82) is 0 Å². The molecule has 1 N–H and O–H groups in total. The molecule has 0 aliphatic rings. The Bertz CT molecular complexity index is 539. The van der Waals surface area contributed by atoms with Crippen molar-refractivity contribution in [2.45, 2.75) is 4.90 Å². The second-order valence-corrected chi connectivity index (χ2v) is 3.96. The number of amides is 1. The van der Waals surface area contributed by atoms with Gasteiger partial charge in [0.25, 0.3) is 5.91 Å². The Balaban J connectivity index is 2.17. The lowest BCUT2D eigenvalue weighted by Gasteiger charge is -2.06. The highest BCUT2D eigenvalue weighted by Crippen LogP contribution is 2.15. The Morgan fingerprint density at radius 3 is 2.35 bits per heavy atom. The summed E-state index contributed by atoms with van der Waals surface area (Å²) in [6, 6.07) is 12.6. The van der Waals surface area contributed by atoms with Crippen LogP contribution in [-0.2, 0) is 0 Å². The molecule has 0 atom stereocenters. The van der Waals surface area contributed by atoms with Crippen LogP contribution in [0.1, 0.15) is 10.4 Å². The maximum Gasteiger partial charge on any atom is 0.256 e. The third-order valence-electron chi connectivity index (χ3n) is 2.25. The van der Waals surface area contributed by atoms with E-state index in [4.69, 9.17) is 0 Å². The van der Waals surface area contributed by atoms with Crippen LogP contribution in [0.4, 0.5) is 10.1 Å². The van der Waals surface area contributed by atoms with Crippen molar-refractivity contribution < 1.29 is 9.18 Å². The smallest absolute Gasteiger partial charge is 0.256 e. The van der Waals surface area contributed by atoms with Gasteiger partial charge in [0.15, 0.2) is 0 Å². The van der Waals surface area contributed by atoms with Gasteiger partial charge in [-0.25, -0.2) is 4.39 Å². The molecule has 0 bridgehead atoms. The van der Waals surface area contributed by atoms with Gasteiger partial charge in [-0.05, 0) is 36.4 Å². The minimum atomic E-state index is -0.336. The van der Waals surface area contributed by atoms with Gasteiger partial charge >= 0.3 is 0 Å². The first-order valence-corrected chi connectivity index (χ1v) is 5.46. The minimum absolute atomic E-state index is 0.262. The molecule has 17 heavy (non-hydrogen) atoms. The molecule has 0 fully saturated rings.